The van der Waals surface area contributed by atoms with E-state index >= 15 is 0 Å². The highest BCUT2D eigenvalue weighted by molar-refractivity contribution is 5.81. The van der Waals surface area contributed by atoms with Gasteiger partial charge in [0, 0.05) is 41.3 Å². The van der Waals surface area contributed by atoms with Crippen molar-refractivity contribution in [1.82, 2.24) is 19.9 Å². The third-order valence-electron chi connectivity index (χ3n) is 3.73. The van der Waals surface area contributed by atoms with Crippen molar-refractivity contribution in [3.8, 4) is 39.7 Å². The number of aromatic amines is 1. The van der Waals surface area contributed by atoms with Crippen LogP contribution in [-0.2, 0) is 0 Å². The molecule has 0 atom stereocenters. The van der Waals surface area contributed by atoms with E-state index in [0.29, 0.717) is 5.75 Å². The maximum absolute atomic E-state index is 7.82. The normalized spacial score (nSPS) is 10.7. The van der Waals surface area contributed by atoms with Gasteiger partial charge in [-0.05, 0) is 12.1 Å². The molecule has 116 valence electrons. The Morgan fingerprint density at radius 1 is 0.792 bits per heavy atom. The number of nitrogens with one attached hydrogen (secondary N) is 1. The molecule has 1 aromatic carbocycles. The maximum Gasteiger partial charge on any atom is 0.273 e. The minimum absolute atomic E-state index is 0.359. The molecule has 0 saturated heterocycles. The van der Waals surface area contributed by atoms with Gasteiger partial charge in [0.05, 0.1) is 11.4 Å². The van der Waals surface area contributed by atoms with Gasteiger partial charge < -0.3 is 10.1 Å². The molecule has 4 aromatic rings. The van der Waals surface area contributed by atoms with Crippen molar-refractivity contribution in [2.75, 3.05) is 0 Å². The highest BCUT2D eigenvalue weighted by atomic mass is 16.3. The Hall–Kier alpha value is -3.47. The first-order valence-electron chi connectivity index (χ1n) is 7.54. The maximum atomic E-state index is 7.82. The molecule has 0 aliphatic carbocycles. The average Bonchev–Trinajstić information content (AvgIpc) is 3.09. The second-order valence-corrected chi connectivity index (χ2v) is 5.37. The van der Waals surface area contributed by atoms with E-state index in [2.05, 4.69) is 15.0 Å². The number of aromatic nitrogens is 4. The van der Waals surface area contributed by atoms with Crippen molar-refractivity contribution in [2.24, 2.45) is 0 Å². The highest BCUT2D eigenvalue weighted by Gasteiger charge is 2.16. The van der Waals surface area contributed by atoms with E-state index in [9.17, 15) is 0 Å². The van der Waals surface area contributed by atoms with Crippen LogP contribution in [0, 0.1) is 0 Å². The van der Waals surface area contributed by atoms with E-state index < -0.39 is 0 Å². The third kappa shape index (κ3) is 2.63. The standard InChI is InChI=1S/C19H14N4O/c24-16-10-15(11-21-12-16)18-17(13-6-8-20-9-7-13)22-19(23-18)14-4-2-1-3-5-14/h1-12,24H,(H,22,23)/p+1. The van der Waals surface area contributed by atoms with Crippen LogP contribution < -0.4 is 0 Å². The quantitative estimate of drug-likeness (QED) is 0.586. The highest BCUT2D eigenvalue weighted by Crippen LogP contribution is 2.33. The van der Waals surface area contributed by atoms with E-state index in [1.165, 1.54) is 6.20 Å². The van der Waals surface area contributed by atoms with Gasteiger partial charge in [0.15, 0.2) is 0 Å². The number of benzene rings is 1. The van der Waals surface area contributed by atoms with Gasteiger partial charge in [-0.15, -0.1) is 0 Å². The molecule has 24 heavy (non-hydrogen) atoms. The molecule has 5 nitrogen and oxygen atoms in total. The molecule has 0 aliphatic rings. The molecular formula is C19H15N4O+. The fourth-order valence-corrected chi connectivity index (χ4v) is 2.61. The van der Waals surface area contributed by atoms with Gasteiger partial charge in [-0.25, -0.2) is 4.98 Å². The number of imidazole rings is 1. The molecule has 0 spiro atoms. The van der Waals surface area contributed by atoms with Gasteiger partial charge in [0.1, 0.15) is 12.0 Å². The summed E-state index contributed by atoms with van der Waals surface area (Å²) in [5.74, 6) is 1.14. The lowest BCUT2D eigenvalue weighted by Gasteiger charge is -2.02. The summed E-state index contributed by atoms with van der Waals surface area (Å²) in [6.45, 7) is 0. The molecule has 0 radical (unpaired) electrons. The number of hydrogen-bond acceptors (Lipinski definition) is 3. The lowest BCUT2D eigenvalue weighted by molar-refractivity contribution is 0.473. The van der Waals surface area contributed by atoms with Crippen molar-refractivity contribution in [2.45, 2.75) is 0 Å². The molecule has 0 amide bonds. The summed E-state index contributed by atoms with van der Waals surface area (Å²) < 4.78 is 0. The zero-order valence-electron chi connectivity index (χ0n) is 12.8. The minimum atomic E-state index is 0.359. The summed E-state index contributed by atoms with van der Waals surface area (Å²) in [7, 11) is 0. The first kappa shape index (κ1) is 14.1. The van der Waals surface area contributed by atoms with E-state index in [1.54, 1.807) is 24.7 Å². The van der Waals surface area contributed by atoms with E-state index in [0.717, 1.165) is 33.9 Å². The molecule has 3 N–H and O–H groups in total. The molecule has 0 saturated carbocycles. The predicted octanol–water partition coefficient (Wildman–Crippen LogP) is 3.64. The smallest absolute Gasteiger partial charge is 0.273 e. The van der Waals surface area contributed by atoms with Crippen molar-refractivity contribution < 1.29 is 5.11 Å². The van der Waals surface area contributed by atoms with Crippen LogP contribution in [-0.4, -0.2) is 25.0 Å². The summed E-state index contributed by atoms with van der Waals surface area (Å²) in [5.41, 5.74) is 4.48. The molecule has 0 unspecified atom stereocenters. The summed E-state index contributed by atoms with van der Waals surface area (Å²) >= 11 is 0. The Bertz CT molecular complexity index is 965. The molecule has 4 rings (SSSR count). The second-order valence-electron chi connectivity index (χ2n) is 5.37. The first-order chi connectivity index (χ1) is 11.8. The second kappa shape index (κ2) is 5.96. The van der Waals surface area contributed by atoms with Crippen LogP contribution >= 0.6 is 0 Å². The Morgan fingerprint density at radius 2 is 1.58 bits per heavy atom. The fraction of sp³-hybridized carbons (Fsp3) is 0. The Balaban J connectivity index is 1.92. The zero-order valence-corrected chi connectivity index (χ0v) is 12.8. The topological polar surface area (TPSA) is 77.4 Å². The summed E-state index contributed by atoms with van der Waals surface area (Å²) in [6, 6.07) is 15.6. The SMILES string of the molecule is [OH2+]c1cncc(-c2nc(-c3ccccc3)[nH]c2-c2ccncc2)c1. The van der Waals surface area contributed by atoms with Crippen LogP contribution in [0.1, 0.15) is 0 Å². The van der Waals surface area contributed by atoms with Crippen LogP contribution in [0.5, 0.6) is 5.75 Å². The van der Waals surface area contributed by atoms with Gasteiger partial charge in [0.2, 0.25) is 0 Å². The van der Waals surface area contributed by atoms with Crippen molar-refractivity contribution in [3.63, 3.8) is 0 Å². The number of H-pyrrole nitrogens is 1. The zero-order chi connectivity index (χ0) is 16.4. The molecule has 3 heterocycles. The Morgan fingerprint density at radius 3 is 2.33 bits per heavy atom. The van der Waals surface area contributed by atoms with Crippen LogP contribution in [0.3, 0.4) is 0 Å². The Labute approximate surface area is 138 Å². The largest absolute Gasteiger partial charge is 0.592 e. The lowest BCUT2D eigenvalue weighted by atomic mass is 10.1. The lowest BCUT2D eigenvalue weighted by Crippen LogP contribution is -1.85. The summed E-state index contributed by atoms with van der Waals surface area (Å²) in [6.07, 6.45) is 6.75. The third-order valence-corrected chi connectivity index (χ3v) is 3.73. The molecule has 5 heteroatoms. The number of rotatable bonds is 3. The van der Waals surface area contributed by atoms with Crippen LogP contribution in [0.25, 0.3) is 33.9 Å². The predicted molar refractivity (Wildman–Crippen MR) is 93.5 cm³/mol. The monoisotopic (exact) mass is 315 g/mol. The van der Waals surface area contributed by atoms with Gasteiger partial charge in [-0.3, -0.25) is 9.97 Å². The number of nitrogens with zero attached hydrogens (tertiary/aromatic N) is 3. The summed E-state index contributed by atoms with van der Waals surface area (Å²) in [4.78, 5) is 16.4. The van der Waals surface area contributed by atoms with Crippen molar-refractivity contribution in [3.05, 3.63) is 73.3 Å². The number of pyridine rings is 2. The average molecular weight is 315 g/mol. The van der Waals surface area contributed by atoms with E-state index in [4.69, 9.17) is 10.1 Å². The molecular weight excluding hydrogens is 300 g/mol. The van der Waals surface area contributed by atoms with Gasteiger partial charge in [-0.2, -0.15) is 0 Å². The summed E-state index contributed by atoms with van der Waals surface area (Å²) in [5, 5.41) is 7.82. The molecule has 3 aromatic heterocycles. The van der Waals surface area contributed by atoms with Gasteiger partial charge in [0.25, 0.3) is 5.75 Å². The van der Waals surface area contributed by atoms with Crippen LogP contribution in [0.15, 0.2) is 73.3 Å². The van der Waals surface area contributed by atoms with Crippen molar-refractivity contribution in [1.29, 1.82) is 0 Å². The van der Waals surface area contributed by atoms with Crippen LogP contribution in [0.2, 0.25) is 0 Å². The van der Waals surface area contributed by atoms with Crippen molar-refractivity contribution >= 4 is 0 Å². The van der Waals surface area contributed by atoms with Gasteiger partial charge in [-0.1, -0.05) is 30.3 Å². The molecule has 0 fully saturated rings. The van der Waals surface area contributed by atoms with E-state index in [1.807, 2.05) is 42.5 Å². The first-order valence-corrected chi connectivity index (χ1v) is 7.54. The van der Waals surface area contributed by atoms with E-state index in [-0.39, 0.29) is 0 Å². The molecule has 0 bridgehead atoms. The minimum Gasteiger partial charge on any atom is -0.592 e. The molecule has 0 aliphatic heterocycles. The van der Waals surface area contributed by atoms with Crippen LogP contribution in [0.4, 0.5) is 0 Å². The fourth-order valence-electron chi connectivity index (χ4n) is 2.61. The number of hydrogen-bond donors (Lipinski definition) is 1. The Kier molecular flexibility index (Phi) is 3.51. The van der Waals surface area contributed by atoms with Gasteiger partial charge >= 0.3 is 0 Å².